The van der Waals surface area contributed by atoms with Crippen molar-refractivity contribution in [2.24, 2.45) is 0 Å². The predicted octanol–water partition coefficient (Wildman–Crippen LogP) is 8.46. The Morgan fingerprint density at radius 1 is 0.347 bits per heavy atom. The Labute approximate surface area is 424 Å². The Hall–Kier alpha value is -6.20. The van der Waals surface area contributed by atoms with E-state index in [1.807, 2.05) is 48.5 Å². The highest BCUT2D eigenvalue weighted by molar-refractivity contribution is 5.78. The van der Waals surface area contributed by atoms with Gasteiger partial charge in [0, 0.05) is 53.9 Å². The summed E-state index contributed by atoms with van der Waals surface area (Å²) in [6.45, 7) is 23.0. The Kier molecular flexibility index (Phi) is 17.2. The van der Waals surface area contributed by atoms with E-state index in [1.165, 1.54) is 28.2 Å². The zero-order chi connectivity index (χ0) is 54.0. The fourth-order valence-electron chi connectivity index (χ4n) is 8.27. The quantitative estimate of drug-likeness (QED) is 0.0688. The number of benzene rings is 4. The molecule has 392 valence electrons. The number of ether oxygens (including phenoxy) is 4. The van der Waals surface area contributed by atoms with Crippen molar-refractivity contribution in [3.05, 3.63) is 115 Å². The molecule has 0 aliphatic heterocycles. The summed E-state index contributed by atoms with van der Waals surface area (Å²) < 4.78 is 26.2. The molecule has 0 spiro atoms. The molecule has 0 aromatic heterocycles. The first-order valence-electron chi connectivity index (χ1n) is 24.1. The van der Waals surface area contributed by atoms with Gasteiger partial charge >= 0.3 is 0 Å². The standard InChI is InChI=1S/C56H76N4O12/c1-53(2,3)41-21-33-17-35-23-42(54(4,5)6)25-37(50(35)70-30-46(62)58(14)66)19-39-27-44(56(10,11)12)28-40(52(39)72-32-48(64)60(16)68)20-38-26-43(55(7,8)9)24-36(51(38)71-31-47(63)59(15)67)18-34(22-41)49(33)69-29-45(61)57(13)65/h21-28,65-68H,17-20,29-32H2,1-16H3. The molecule has 1 aliphatic rings. The highest BCUT2D eigenvalue weighted by Gasteiger charge is 2.31. The van der Waals surface area contributed by atoms with Gasteiger partial charge in [0.15, 0.2) is 26.4 Å². The highest BCUT2D eigenvalue weighted by atomic mass is 16.5. The fourth-order valence-corrected chi connectivity index (χ4v) is 8.27. The minimum absolute atomic E-state index is 0.146. The van der Waals surface area contributed by atoms with Gasteiger partial charge < -0.3 is 18.9 Å². The highest BCUT2D eigenvalue weighted by Crippen LogP contribution is 2.44. The maximum Gasteiger partial charge on any atom is 0.283 e. The zero-order valence-electron chi connectivity index (χ0n) is 45.1. The van der Waals surface area contributed by atoms with Crippen LogP contribution < -0.4 is 18.9 Å². The Morgan fingerprint density at radius 3 is 0.597 bits per heavy atom. The molecule has 0 saturated carbocycles. The van der Waals surface area contributed by atoms with Gasteiger partial charge in [0.25, 0.3) is 23.6 Å². The molecule has 16 nitrogen and oxygen atoms in total. The SMILES string of the molecule is CN(O)C(=O)COc1c2cc(C(C)(C)C)cc1Cc1cc(C(C)(C)C)cc(c1OCC(=O)N(C)O)Cc1cc(C(C)(C)C)cc(c1OCC(=O)N(C)O)Cc1cc(C(C)(C)C)cc(c1OCC(=O)N(C)O)C2. The number of carbonyl (C=O) groups excluding carboxylic acids is 4. The van der Waals surface area contributed by atoms with Crippen LogP contribution in [0.1, 0.15) is 150 Å². The van der Waals surface area contributed by atoms with Crippen LogP contribution in [0.3, 0.4) is 0 Å². The first-order chi connectivity index (χ1) is 33.1. The average Bonchev–Trinajstić information content (AvgIpc) is 3.25. The molecular weight excluding hydrogens is 921 g/mol. The van der Waals surface area contributed by atoms with Crippen molar-refractivity contribution in [1.29, 1.82) is 0 Å². The van der Waals surface area contributed by atoms with Crippen LogP contribution in [0.5, 0.6) is 23.0 Å². The largest absolute Gasteiger partial charge is 0.483 e. The van der Waals surface area contributed by atoms with Crippen LogP contribution in [0.4, 0.5) is 0 Å². The van der Waals surface area contributed by atoms with Crippen molar-refractivity contribution in [1.82, 2.24) is 20.3 Å². The number of fused-ring (bicyclic) bond motifs is 8. The van der Waals surface area contributed by atoms with Crippen LogP contribution in [-0.2, 0) is 66.5 Å². The van der Waals surface area contributed by atoms with Crippen molar-refractivity contribution < 1.29 is 59.0 Å². The predicted molar refractivity (Wildman–Crippen MR) is 272 cm³/mol. The van der Waals surface area contributed by atoms with Gasteiger partial charge in [-0.15, -0.1) is 0 Å². The van der Waals surface area contributed by atoms with E-state index in [1.54, 1.807) is 0 Å². The van der Waals surface area contributed by atoms with E-state index in [4.69, 9.17) is 18.9 Å². The fraction of sp³-hybridized carbons (Fsp3) is 0.500. The first kappa shape index (κ1) is 56.7. The van der Waals surface area contributed by atoms with Gasteiger partial charge in [0.2, 0.25) is 0 Å². The number of nitrogens with zero attached hydrogens (tertiary/aromatic N) is 4. The Balaban J connectivity index is 2.07. The van der Waals surface area contributed by atoms with Gasteiger partial charge in [-0.05, 0) is 88.4 Å². The molecule has 5 rings (SSSR count). The normalized spacial score (nSPS) is 12.9. The van der Waals surface area contributed by atoms with Gasteiger partial charge in [-0.25, -0.2) is 20.3 Å². The lowest BCUT2D eigenvalue weighted by Gasteiger charge is -2.29. The summed E-state index contributed by atoms with van der Waals surface area (Å²) in [7, 11) is 4.90. The maximum absolute atomic E-state index is 13.2. The topological polar surface area (TPSA) is 199 Å². The van der Waals surface area contributed by atoms with Crippen LogP contribution in [0, 0.1) is 0 Å². The summed E-state index contributed by atoms with van der Waals surface area (Å²) in [4.78, 5) is 52.7. The monoisotopic (exact) mass is 997 g/mol. The van der Waals surface area contributed by atoms with Crippen LogP contribution >= 0.6 is 0 Å². The van der Waals surface area contributed by atoms with Gasteiger partial charge in [-0.3, -0.25) is 40.0 Å². The number of hydrogen-bond acceptors (Lipinski definition) is 12. The van der Waals surface area contributed by atoms with Crippen molar-refractivity contribution >= 4 is 23.6 Å². The van der Waals surface area contributed by atoms with Crippen molar-refractivity contribution in [3.63, 3.8) is 0 Å². The van der Waals surface area contributed by atoms with E-state index in [-0.39, 0.29) is 25.7 Å². The maximum atomic E-state index is 13.2. The number of rotatable bonds is 12. The summed E-state index contributed by atoms with van der Waals surface area (Å²) in [5.41, 5.74) is 7.28. The van der Waals surface area contributed by atoms with E-state index >= 15 is 0 Å². The molecule has 4 amide bonds. The van der Waals surface area contributed by atoms with Crippen molar-refractivity contribution in [3.8, 4) is 23.0 Å². The number of amides is 4. The smallest absolute Gasteiger partial charge is 0.283 e. The minimum atomic E-state index is -0.699. The van der Waals surface area contributed by atoms with Gasteiger partial charge in [-0.1, -0.05) is 132 Å². The summed E-state index contributed by atoms with van der Waals surface area (Å²) in [5, 5.41) is 42.8. The van der Waals surface area contributed by atoms with E-state index in [0.29, 0.717) is 87.8 Å². The molecule has 4 aromatic carbocycles. The number of carbonyl (C=O) groups is 4. The molecule has 0 unspecified atom stereocenters. The first-order valence-corrected chi connectivity index (χ1v) is 24.1. The van der Waals surface area contributed by atoms with Gasteiger partial charge in [-0.2, -0.15) is 0 Å². The number of hydrogen-bond donors (Lipinski definition) is 4. The Morgan fingerprint density at radius 2 is 0.486 bits per heavy atom. The number of hydroxylamine groups is 8. The molecule has 0 heterocycles. The van der Waals surface area contributed by atoms with Gasteiger partial charge in [0.1, 0.15) is 23.0 Å². The number of likely N-dealkylation sites (N-methyl/N-ethyl adjacent to an activating group) is 4. The Bertz CT molecular complexity index is 2220. The lowest BCUT2D eigenvalue weighted by molar-refractivity contribution is -0.161. The molecule has 4 N–H and O–H groups in total. The van der Waals surface area contributed by atoms with Crippen LogP contribution in [0.25, 0.3) is 0 Å². The molecule has 0 fully saturated rings. The average molecular weight is 997 g/mol. The van der Waals surface area contributed by atoms with Crippen molar-refractivity contribution in [2.75, 3.05) is 54.6 Å². The second-order valence-electron chi connectivity index (χ2n) is 23.0. The minimum Gasteiger partial charge on any atom is -0.483 e. The van der Waals surface area contributed by atoms with Crippen molar-refractivity contribution in [2.45, 2.75) is 130 Å². The zero-order valence-corrected chi connectivity index (χ0v) is 45.1. The van der Waals surface area contributed by atoms with Crippen LogP contribution in [0.15, 0.2) is 48.5 Å². The third kappa shape index (κ3) is 14.1. The van der Waals surface area contributed by atoms with Crippen LogP contribution in [-0.4, -0.2) is 119 Å². The summed E-state index contributed by atoms with van der Waals surface area (Å²) in [5.74, 6) is -1.35. The summed E-state index contributed by atoms with van der Waals surface area (Å²) in [6, 6.07) is 16.2. The van der Waals surface area contributed by atoms with Gasteiger partial charge in [0.05, 0.1) is 0 Å². The lowest BCUT2D eigenvalue weighted by atomic mass is 9.79. The third-order valence-corrected chi connectivity index (χ3v) is 12.8. The molecule has 72 heavy (non-hydrogen) atoms. The molecule has 16 heteroatoms. The van der Waals surface area contributed by atoms with E-state index in [9.17, 15) is 40.0 Å². The second kappa shape index (κ2) is 21.9. The lowest BCUT2D eigenvalue weighted by Crippen LogP contribution is -2.29. The summed E-state index contributed by atoms with van der Waals surface area (Å²) >= 11 is 0. The van der Waals surface area contributed by atoms with E-state index in [0.717, 1.165) is 22.3 Å². The molecule has 4 aromatic rings. The van der Waals surface area contributed by atoms with E-state index in [2.05, 4.69) is 83.1 Å². The molecular formula is C56H76N4O12. The molecule has 8 bridgehead atoms. The summed E-state index contributed by atoms with van der Waals surface area (Å²) in [6.07, 6.45) is 0.582. The third-order valence-electron chi connectivity index (χ3n) is 12.8. The van der Waals surface area contributed by atoms with Crippen LogP contribution in [0.2, 0.25) is 0 Å². The molecule has 0 atom stereocenters. The molecule has 1 aliphatic carbocycles. The van der Waals surface area contributed by atoms with E-state index < -0.39 is 71.7 Å². The molecule has 0 saturated heterocycles. The molecule has 0 radical (unpaired) electrons. The second-order valence-corrected chi connectivity index (χ2v) is 23.0.